The zero-order valence-electron chi connectivity index (χ0n) is 12.0. The van der Waals surface area contributed by atoms with Gasteiger partial charge in [-0.05, 0) is 53.0 Å². The molecule has 1 unspecified atom stereocenters. The van der Waals surface area contributed by atoms with Crippen molar-refractivity contribution in [3.63, 3.8) is 0 Å². The number of pyridine rings is 1. The summed E-state index contributed by atoms with van der Waals surface area (Å²) in [4.78, 5) is 4.20. The second-order valence-electron chi connectivity index (χ2n) is 4.95. The van der Waals surface area contributed by atoms with Crippen molar-refractivity contribution in [2.75, 3.05) is 6.54 Å². The Bertz CT molecular complexity index is 634. The van der Waals surface area contributed by atoms with Crippen LogP contribution in [0.1, 0.15) is 36.1 Å². The van der Waals surface area contributed by atoms with Crippen LogP contribution in [-0.2, 0) is 0 Å². The van der Waals surface area contributed by atoms with Crippen LogP contribution in [0.3, 0.4) is 0 Å². The molecular weight excluding hydrogens is 355 g/mol. The molecule has 0 aliphatic carbocycles. The monoisotopic (exact) mass is 370 g/mol. The van der Waals surface area contributed by atoms with Gasteiger partial charge in [0.2, 0.25) is 0 Å². The summed E-state index contributed by atoms with van der Waals surface area (Å²) in [5, 5.41) is 3.47. The Hall–Kier alpha value is -0.970. The summed E-state index contributed by atoms with van der Waals surface area (Å²) in [6.45, 7) is 4.83. The van der Waals surface area contributed by atoms with E-state index >= 15 is 0 Å². The number of halogens is 3. The Labute approximate surface area is 137 Å². The van der Waals surface area contributed by atoms with Crippen LogP contribution in [0.15, 0.2) is 35.1 Å². The summed E-state index contributed by atoms with van der Waals surface area (Å²) >= 11 is 9.26. The van der Waals surface area contributed by atoms with Gasteiger partial charge in [-0.1, -0.05) is 30.7 Å². The smallest absolute Gasteiger partial charge is 0.148 e. The molecule has 0 aliphatic heterocycles. The van der Waals surface area contributed by atoms with Gasteiger partial charge in [-0.3, -0.25) is 4.98 Å². The van der Waals surface area contributed by atoms with E-state index in [1.54, 1.807) is 24.5 Å². The molecule has 0 bridgehead atoms. The summed E-state index contributed by atoms with van der Waals surface area (Å²) in [7, 11) is 0. The molecule has 1 aromatic carbocycles. The highest BCUT2D eigenvalue weighted by Crippen LogP contribution is 2.33. The lowest BCUT2D eigenvalue weighted by Gasteiger charge is -2.21. The molecule has 0 spiro atoms. The molecule has 112 valence electrons. The van der Waals surface area contributed by atoms with Gasteiger partial charge in [0.15, 0.2) is 0 Å². The Balaban J connectivity index is 2.48. The molecule has 0 radical (unpaired) electrons. The molecule has 1 atom stereocenters. The van der Waals surface area contributed by atoms with Gasteiger partial charge in [0.1, 0.15) is 5.82 Å². The first-order valence-electron chi connectivity index (χ1n) is 6.83. The second-order valence-corrected chi connectivity index (χ2v) is 6.18. The minimum Gasteiger partial charge on any atom is -0.306 e. The van der Waals surface area contributed by atoms with Crippen molar-refractivity contribution in [2.45, 2.75) is 26.3 Å². The molecule has 0 aliphatic rings. The van der Waals surface area contributed by atoms with Crippen molar-refractivity contribution in [2.24, 2.45) is 0 Å². The van der Waals surface area contributed by atoms with Crippen LogP contribution in [-0.4, -0.2) is 11.5 Å². The predicted molar refractivity (Wildman–Crippen MR) is 88.2 cm³/mol. The van der Waals surface area contributed by atoms with Crippen LogP contribution in [0.25, 0.3) is 0 Å². The molecule has 1 aromatic heterocycles. The minimum absolute atomic E-state index is 0.108. The number of hydrogen-bond donors (Lipinski definition) is 1. The fraction of sp³-hybridized carbons (Fsp3) is 0.312. The SMILES string of the molecule is CCCNC(c1cncc(C)c1)c1ccc(Br)c(Cl)c1F. The Kier molecular flexibility index (Phi) is 5.73. The summed E-state index contributed by atoms with van der Waals surface area (Å²) in [6.07, 6.45) is 4.50. The molecule has 5 heteroatoms. The van der Waals surface area contributed by atoms with Crippen molar-refractivity contribution in [3.05, 3.63) is 62.6 Å². The van der Waals surface area contributed by atoms with Gasteiger partial charge in [0.05, 0.1) is 11.1 Å². The van der Waals surface area contributed by atoms with Crippen LogP contribution in [0, 0.1) is 12.7 Å². The number of aromatic nitrogens is 1. The number of aryl methyl sites for hydroxylation is 1. The minimum atomic E-state index is -0.402. The Morgan fingerprint density at radius 2 is 2.14 bits per heavy atom. The van der Waals surface area contributed by atoms with Gasteiger partial charge < -0.3 is 5.32 Å². The zero-order chi connectivity index (χ0) is 15.4. The van der Waals surface area contributed by atoms with Gasteiger partial charge in [-0.15, -0.1) is 0 Å². The van der Waals surface area contributed by atoms with Crippen molar-refractivity contribution in [1.29, 1.82) is 0 Å². The first kappa shape index (κ1) is 16.4. The molecule has 2 nitrogen and oxygen atoms in total. The molecule has 0 amide bonds. The largest absolute Gasteiger partial charge is 0.306 e. The predicted octanol–water partition coefficient (Wildman–Crippen LogP) is 5.03. The molecule has 21 heavy (non-hydrogen) atoms. The third-order valence-corrected chi connectivity index (χ3v) is 4.46. The van der Waals surface area contributed by atoms with Gasteiger partial charge >= 0.3 is 0 Å². The van der Waals surface area contributed by atoms with E-state index in [-0.39, 0.29) is 11.1 Å². The molecule has 0 fully saturated rings. The van der Waals surface area contributed by atoms with Gasteiger partial charge in [-0.25, -0.2) is 4.39 Å². The molecule has 2 rings (SSSR count). The van der Waals surface area contributed by atoms with E-state index < -0.39 is 5.82 Å². The number of nitrogens with one attached hydrogen (secondary N) is 1. The molecule has 1 N–H and O–H groups in total. The summed E-state index contributed by atoms with van der Waals surface area (Å²) in [5.74, 6) is -0.402. The number of rotatable bonds is 5. The third-order valence-electron chi connectivity index (χ3n) is 3.20. The normalized spacial score (nSPS) is 12.4. The number of nitrogens with zero attached hydrogens (tertiary/aromatic N) is 1. The number of benzene rings is 1. The van der Waals surface area contributed by atoms with E-state index in [0.29, 0.717) is 10.0 Å². The third kappa shape index (κ3) is 3.82. The lowest BCUT2D eigenvalue weighted by molar-refractivity contribution is 0.545. The lowest BCUT2D eigenvalue weighted by atomic mass is 9.98. The maximum atomic E-state index is 14.5. The average Bonchev–Trinajstić information content (AvgIpc) is 2.47. The van der Waals surface area contributed by atoms with Gasteiger partial charge in [0, 0.05) is 22.4 Å². The highest BCUT2D eigenvalue weighted by atomic mass is 79.9. The van der Waals surface area contributed by atoms with E-state index in [1.165, 1.54) is 0 Å². The molecule has 0 saturated heterocycles. The van der Waals surface area contributed by atoms with E-state index in [4.69, 9.17) is 11.6 Å². The first-order chi connectivity index (χ1) is 10.0. The first-order valence-corrected chi connectivity index (χ1v) is 8.00. The van der Waals surface area contributed by atoms with Crippen molar-refractivity contribution in [1.82, 2.24) is 10.3 Å². The second kappa shape index (κ2) is 7.34. The summed E-state index contributed by atoms with van der Waals surface area (Å²) < 4.78 is 15.1. The quantitative estimate of drug-likeness (QED) is 0.745. The molecule has 0 saturated carbocycles. The number of hydrogen-bond acceptors (Lipinski definition) is 2. The van der Waals surface area contributed by atoms with Gasteiger partial charge in [-0.2, -0.15) is 0 Å². The molecular formula is C16H17BrClFN2. The molecule has 1 heterocycles. The highest BCUT2D eigenvalue weighted by Gasteiger charge is 2.20. The maximum Gasteiger partial charge on any atom is 0.148 e. The van der Waals surface area contributed by atoms with E-state index in [1.807, 2.05) is 13.0 Å². The van der Waals surface area contributed by atoms with Crippen LogP contribution in [0.2, 0.25) is 5.02 Å². The van der Waals surface area contributed by atoms with Crippen LogP contribution in [0.4, 0.5) is 4.39 Å². The Morgan fingerprint density at radius 1 is 1.38 bits per heavy atom. The standard InChI is InChI=1S/C16H17BrClFN2/c1-3-6-21-16(11-7-10(2)8-20-9-11)12-4-5-13(17)14(18)15(12)19/h4-5,7-9,16,21H,3,6H2,1-2H3. The average molecular weight is 372 g/mol. The van der Waals surface area contributed by atoms with E-state index in [9.17, 15) is 4.39 Å². The highest BCUT2D eigenvalue weighted by molar-refractivity contribution is 9.10. The molecule has 2 aromatic rings. The van der Waals surface area contributed by atoms with Crippen LogP contribution in [0.5, 0.6) is 0 Å². The van der Waals surface area contributed by atoms with E-state index in [0.717, 1.165) is 24.1 Å². The summed E-state index contributed by atoms with van der Waals surface area (Å²) in [6, 6.07) is 5.27. The van der Waals surface area contributed by atoms with Crippen LogP contribution < -0.4 is 5.32 Å². The fourth-order valence-electron chi connectivity index (χ4n) is 2.20. The maximum absolute atomic E-state index is 14.5. The fourth-order valence-corrected chi connectivity index (χ4v) is 2.67. The lowest BCUT2D eigenvalue weighted by Crippen LogP contribution is -2.24. The van der Waals surface area contributed by atoms with Crippen molar-refractivity contribution in [3.8, 4) is 0 Å². The topological polar surface area (TPSA) is 24.9 Å². The van der Waals surface area contributed by atoms with Crippen LogP contribution >= 0.6 is 27.5 Å². The summed E-state index contributed by atoms with van der Waals surface area (Å²) in [5.41, 5.74) is 2.50. The van der Waals surface area contributed by atoms with E-state index in [2.05, 4.69) is 33.2 Å². The zero-order valence-corrected chi connectivity index (χ0v) is 14.3. The van der Waals surface area contributed by atoms with Crippen molar-refractivity contribution >= 4 is 27.5 Å². The Morgan fingerprint density at radius 3 is 2.81 bits per heavy atom. The van der Waals surface area contributed by atoms with Crippen molar-refractivity contribution < 1.29 is 4.39 Å². The van der Waals surface area contributed by atoms with Gasteiger partial charge in [0.25, 0.3) is 0 Å².